The zero-order valence-electron chi connectivity index (χ0n) is 51.0. The first kappa shape index (κ1) is 80.2. The van der Waals surface area contributed by atoms with E-state index in [0.717, 1.165) is 51.4 Å². The summed E-state index contributed by atoms with van der Waals surface area (Å²) >= 11 is 0. The summed E-state index contributed by atoms with van der Waals surface area (Å²) < 4.78 is 74.4. The van der Waals surface area contributed by atoms with Gasteiger partial charge < -0.3 is 9.11 Å². The maximum atomic E-state index is 10.9. The fourth-order valence-corrected chi connectivity index (χ4v) is 11.5. The molecule has 0 radical (unpaired) electrons. The molecular formula is C64H130CaO8S2. The SMILES string of the molecule is CCCCCCCCCCCCCCCCCCCCCCC(CCCCCCCC)COS(=O)(=O)[O-].CCCCCCCCCCCCCCCCCCCCCCC(CCCCCCCC)COS(=O)(=O)[O-].[Ca+2]. The Kier molecular flexibility index (Phi) is 70.4. The standard InChI is InChI=1S/2C32H66O4S.Ca/c2*1-3-5-7-9-11-12-13-14-15-16-17-18-19-20-21-22-23-24-26-28-30-32(31-36-37(33,34)35)29-27-25-10-8-6-4-2;/h2*32H,3-31H2,1-2H3,(H,33,34,35);/q;;+2/p-2. The summed E-state index contributed by atoms with van der Waals surface area (Å²) in [5.41, 5.74) is 0. The summed E-state index contributed by atoms with van der Waals surface area (Å²) in [4.78, 5) is 0. The maximum Gasteiger partial charge on any atom is 2.00 e. The Labute approximate surface area is 501 Å². The molecule has 0 rings (SSSR count). The molecule has 2 unspecified atom stereocenters. The summed E-state index contributed by atoms with van der Waals surface area (Å²) in [7, 11) is -9.15. The predicted octanol–water partition coefficient (Wildman–Crippen LogP) is 21.7. The van der Waals surface area contributed by atoms with Crippen LogP contribution < -0.4 is 0 Å². The third-order valence-electron chi connectivity index (χ3n) is 15.8. The molecular weight excluding hydrogens is 1000 g/mol. The first-order valence-corrected chi connectivity index (χ1v) is 35.9. The van der Waals surface area contributed by atoms with Crippen LogP contribution in [0.25, 0.3) is 0 Å². The van der Waals surface area contributed by atoms with E-state index in [9.17, 15) is 25.9 Å². The van der Waals surface area contributed by atoms with Crippen molar-refractivity contribution in [2.24, 2.45) is 11.8 Å². The van der Waals surface area contributed by atoms with Gasteiger partial charge in [0.1, 0.15) is 0 Å². The largest absolute Gasteiger partial charge is 2.00 e. The molecule has 0 aliphatic carbocycles. The van der Waals surface area contributed by atoms with Crippen molar-refractivity contribution in [1.29, 1.82) is 0 Å². The van der Waals surface area contributed by atoms with Crippen molar-refractivity contribution in [2.75, 3.05) is 13.2 Å². The Morgan fingerprint density at radius 1 is 0.240 bits per heavy atom. The van der Waals surface area contributed by atoms with Crippen LogP contribution in [0, 0.1) is 11.8 Å². The van der Waals surface area contributed by atoms with Crippen LogP contribution in [0.1, 0.15) is 387 Å². The van der Waals surface area contributed by atoms with Crippen LogP contribution in [0.2, 0.25) is 0 Å². The second kappa shape index (κ2) is 65.8. The van der Waals surface area contributed by atoms with Gasteiger partial charge in [0.2, 0.25) is 20.8 Å². The predicted molar refractivity (Wildman–Crippen MR) is 325 cm³/mol. The average Bonchev–Trinajstić information content (AvgIpc) is 3.37. The van der Waals surface area contributed by atoms with Gasteiger partial charge in [0.05, 0.1) is 13.2 Å². The normalized spacial score (nSPS) is 12.7. The van der Waals surface area contributed by atoms with Gasteiger partial charge in [-0.25, -0.2) is 16.8 Å². The molecule has 8 nitrogen and oxygen atoms in total. The van der Waals surface area contributed by atoms with Crippen LogP contribution in [0.4, 0.5) is 0 Å². The van der Waals surface area contributed by atoms with E-state index in [1.165, 1.54) is 308 Å². The molecule has 0 N–H and O–H groups in total. The summed E-state index contributed by atoms with van der Waals surface area (Å²) in [6, 6.07) is 0. The molecule has 0 saturated heterocycles. The van der Waals surface area contributed by atoms with E-state index in [2.05, 4.69) is 36.1 Å². The molecule has 0 heterocycles. The Morgan fingerprint density at radius 3 is 0.480 bits per heavy atom. The van der Waals surface area contributed by atoms with E-state index in [0.29, 0.717) is 0 Å². The van der Waals surface area contributed by atoms with Gasteiger partial charge in [0.15, 0.2) is 0 Å². The van der Waals surface area contributed by atoms with Crippen molar-refractivity contribution in [3.05, 3.63) is 0 Å². The fraction of sp³-hybridized carbons (Fsp3) is 1.00. The van der Waals surface area contributed by atoms with Crippen LogP contribution in [0.5, 0.6) is 0 Å². The van der Waals surface area contributed by atoms with Crippen molar-refractivity contribution in [3.63, 3.8) is 0 Å². The molecule has 0 saturated carbocycles. The molecule has 0 spiro atoms. The Bertz CT molecular complexity index is 1170. The van der Waals surface area contributed by atoms with Crippen LogP contribution >= 0.6 is 0 Å². The third-order valence-corrected chi connectivity index (χ3v) is 16.6. The van der Waals surface area contributed by atoms with Crippen molar-refractivity contribution < 1.29 is 34.3 Å². The molecule has 0 aromatic carbocycles. The van der Waals surface area contributed by atoms with Gasteiger partial charge in [0.25, 0.3) is 0 Å². The Hall–Kier alpha value is 1.000. The topological polar surface area (TPSA) is 133 Å². The summed E-state index contributed by atoms with van der Waals surface area (Å²) in [6.07, 6.45) is 73.7. The Morgan fingerprint density at radius 2 is 0.360 bits per heavy atom. The van der Waals surface area contributed by atoms with Crippen LogP contribution in [0.15, 0.2) is 0 Å². The molecule has 0 aromatic rings. The van der Waals surface area contributed by atoms with E-state index in [4.69, 9.17) is 0 Å². The van der Waals surface area contributed by atoms with Crippen LogP contribution in [0.3, 0.4) is 0 Å². The van der Waals surface area contributed by atoms with Crippen molar-refractivity contribution in [2.45, 2.75) is 387 Å². The number of unbranched alkanes of at least 4 members (excludes halogenated alkanes) is 48. The van der Waals surface area contributed by atoms with E-state index in [1.807, 2.05) is 0 Å². The van der Waals surface area contributed by atoms with Crippen molar-refractivity contribution in [1.82, 2.24) is 0 Å². The van der Waals surface area contributed by atoms with Crippen molar-refractivity contribution >= 4 is 58.5 Å². The molecule has 448 valence electrons. The summed E-state index contributed by atoms with van der Waals surface area (Å²) in [5.74, 6) is 0.399. The number of rotatable bonds is 62. The summed E-state index contributed by atoms with van der Waals surface area (Å²) in [6.45, 7) is 9.15. The average molecular weight is 1130 g/mol. The van der Waals surface area contributed by atoms with E-state index in [1.54, 1.807) is 0 Å². The smallest absolute Gasteiger partial charge is 0.726 e. The number of hydrogen-bond acceptors (Lipinski definition) is 8. The molecule has 0 aromatic heterocycles. The third kappa shape index (κ3) is 75.0. The molecule has 75 heavy (non-hydrogen) atoms. The quantitative estimate of drug-likeness (QED) is 0.0254. The van der Waals surface area contributed by atoms with Crippen LogP contribution in [-0.4, -0.2) is 76.9 Å². The zero-order valence-corrected chi connectivity index (χ0v) is 54.8. The van der Waals surface area contributed by atoms with E-state index >= 15 is 0 Å². The van der Waals surface area contributed by atoms with Gasteiger partial charge in [-0.15, -0.1) is 0 Å². The minimum absolute atomic E-state index is 0. The van der Waals surface area contributed by atoms with Gasteiger partial charge in [-0.3, -0.25) is 8.37 Å². The monoisotopic (exact) mass is 1130 g/mol. The molecule has 0 bridgehead atoms. The second-order valence-electron chi connectivity index (χ2n) is 23.2. The van der Waals surface area contributed by atoms with E-state index in [-0.39, 0.29) is 62.8 Å². The first-order chi connectivity index (χ1) is 36.0. The fourth-order valence-electron chi connectivity index (χ4n) is 10.8. The minimum atomic E-state index is -4.58. The molecule has 0 aliphatic rings. The summed E-state index contributed by atoms with van der Waals surface area (Å²) in [5, 5.41) is 0. The first-order valence-electron chi connectivity index (χ1n) is 33.2. The van der Waals surface area contributed by atoms with Gasteiger partial charge in [-0.2, -0.15) is 0 Å². The van der Waals surface area contributed by atoms with E-state index < -0.39 is 20.8 Å². The van der Waals surface area contributed by atoms with Gasteiger partial charge in [-0.05, 0) is 37.5 Å². The van der Waals surface area contributed by atoms with Gasteiger partial charge in [-0.1, -0.05) is 362 Å². The van der Waals surface area contributed by atoms with Gasteiger partial charge in [0, 0.05) is 0 Å². The molecule has 11 heteroatoms. The molecule has 2 atom stereocenters. The second-order valence-corrected chi connectivity index (χ2v) is 25.3. The van der Waals surface area contributed by atoms with Crippen LogP contribution in [-0.2, 0) is 29.2 Å². The maximum absolute atomic E-state index is 10.9. The number of hydrogen-bond donors (Lipinski definition) is 0. The van der Waals surface area contributed by atoms with Gasteiger partial charge >= 0.3 is 37.7 Å². The Balaban J connectivity index is -0.00000136. The zero-order chi connectivity index (χ0) is 54.6. The molecule has 0 aliphatic heterocycles. The molecule has 0 amide bonds. The minimum Gasteiger partial charge on any atom is -0.726 e. The van der Waals surface area contributed by atoms with Crippen molar-refractivity contribution in [3.8, 4) is 0 Å². The molecule has 0 fully saturated rings.